The number of benzene rings is 1. The third kappa shape index (κ3) is 3.95. The number of H-pyrrole nitrogens is 1. The summed E-state index contributed by atoms with van der Waals surface area (Å²) in [4.78, 5) is 7.18. The molecule has 1 aromatic carbocycles. The van der Waals surface area contributed by atoms with E-state index in [-0.39, 0.29) is 0 Å². The summed E-state index contributed by atoms with van der Waals surface area (Å²) in [5.41, 5.74) is 2.19. The summed E-state index contributed by atoms with van der Waals surface area (Å²) in [7, 11) is 0. The van der Waals surface area contributed by atoms with Crippen molar-refractivity contribution in [2.75, 3.05) is 0 Å². The molecule has 90 valence electrons. The van der Waals surface area contributed by atoms with E-state index in [9.17, 15) is 0 Å². The molecule has 0 saturated carbocycles. The summed E-state index contributed by atoms with van der Waals surface area (Å²) < 4.78 is 0. The van der Waals surface area contributed by atoms with Crippen molar-refractivity contribution >= 4 is 35.8 Å². The van der Waals surface area contributed by atoms with Crippen LogP contribution in [-0.4, -0.2) is 9.97 Å². The van der Waals surface area contributed by atoms with Gasteiger partial charge in [-0.05, 0) is 43.0 Å². The van der Waals surface area contributed by atoms with Crippen molar-refractivity contribution in [1.82, 2.24) is 9.97 Å². The largest absolute Gasteiger partial charge is 0.340 e. The molecule has 0 fully saturated rings. The fourth-order valence-electron chi connectivity index (χ4n) is 1.71. The quantitative estimate of drug-likeness (QED) is 0.811. The first kappa shape index (κ1) is 12.8. The number of imidazole rings is 1. The van der Waals surface area contributed by atoms with Crippen LogP contribution >= 0.6 is 35.8 Å². The smallest absolute Gasteiger partial charge is 0.162 e. The number of halogens is 2. The normalized spacial score (nSPS) is 10.8. The second kappa shape index (κ2) is 5.80. The van der Waals surface area contributed by atoms with Crippen molar-refractivity contribution < 1.29 is 0 Å². The molecule has 5 heteroatoms. The molecule has 0 radical (unpaired) electrons. The highest BCUT2D eigenvalue weighted by Crippen LogP contribution is 2.20. The van der Waals surface area contributed by atoms with Gasteiger partial charge in [-0.2, -0.15) is 0 Å². The number of aromatic nitrogens is 2. The van der Waals surface area contributed by atoms with Crippen molar-refractivity contribution in [1.29, 1.82) is 0 Å². The molecule has 1 aromatic heterocycles. The van der Waals surface area contributed by atoms with Crippen LogP contribution in [0.3, 0.4) is 0 Å². The number of nitrogens with zero attached hydrogens (tertiary/aromatic N) is 1. The standard InChI is InChI=1S/C12H12Cl2N2S/c13-9-4-8(5-10(14)6-9)2-1-3-11-7-15-12(17)16-11/h4-7H,1-3H2,(H2,15,16,17). The molecule has 17 heavy (non-hydrogen) atoms. The lowest BCUT2D eigenvalue weighted by molar-refractivity contribution is 0.799. The van der Waals surface area contributed by atoms with Gasteiger partial charge in [0.05, 0.1) is 5.69 Å². The highest BCUT2D eigenvalue weighted by molar-refractivity contribution is 7.80. The van der Waals surface area contributed by atoms with E-state index < -0.39 is 0 Å². The second-order valence-electron chi connectivity index (χ2n) is 3.85. The van der Waals surface area contributed by atoms with Gasteiger partial charge in [-0.3, -0.25) is 0 Å². The van der Waals surface area contributed by atoms with Crippen LogP contribution in [0.5, 0.6) is 0 Å². The molecule has 0 aliphatic rings. The Kier molecular flexibility index (Phi) is 4.37. The zero-order valence-corrected chi connectivity index (χ0v) is 11.5. The Morgan fingerprint density at radius 2 is 1.82 bits per heavy atom. The van der Waals surface area contributed by atoms with Crippen molar-refractivity contribution in [3.8, 4) is 0 Å². The molecule has 0 saturated heterocycles. The Labute approximate surface area is 116 Å². The maximum Gasteiger partial charge on any atom is 0.162 e. The predicted molar refractivity (Wildman–Crippen MR) is 74.3 cm³/mol. The van der Waals surface area contributed by atoms with E-state index >= 15 is 0 Å². The van der Waals surface area contributed by atoms with Gasteiger partial charge in [-0.15, -0.1) is 12.6 Å². The SMILES string of the molecule is Sc1nc(CCCc2cc(Cl)cc(Cl)c2)c[nH]1. The number of hydrogen-bond donors (Lipinski definition) is 2. The molecule has 2 aromatic rings. The number of thiol groups is 1. The number of aryl methyl sites for hydroxylation is 2. The Morgan fingerprint density at radius 1 is 1.12 bits per heavy atom. The molecule has 1 N–H and O–H groups in total. The first-order valence-corrected chi connectivity index (χ1v) is 6.52. The lowest BCUT2D eigenvalue weighted by atomic mass is 10.1. The molecule has 1 heterocycles. The molecule has 0 bridgehead atoms. The van der Waals surface area contributed by atoms with Gasteiger partial charge in [0.25, 0.3) is 0 Å². The van der Waals surface area contributed by atoms with E-state index in [0.29, 0.717) is 15.2 Å². The summed E-state index contributed by atoms with van der Waals surface area (Å²) in [6, 6.07) is 5.64. The molecule has 0 amide bonds. The van der Waals surface area contributed by atoms with Gasteiger partial charge in [0.15, 0.2) is 5.16 Å². The molecular formula is C12H12Cl2N2S. The van der Waals surface area contributed by atoms with Crippen LogP contribution < -0.4 is 0 Å². The first-order chi connectivity index (χ1) is 8.13. The Bertz CT molecular complexity index is 491. The average molecular weight is 287 g/mol. The van der Waals surface area contributed by atoms with Gasteiger partial charge in [-0.25, -0.2) is 4.98 Å². The second-order valence-corrected chi connectivity index (χ2v) is 5.14. The number of rotatable bonds is 4. The Morgan fingerprint density at radius 3 is 2.41 bits per heavy atom. The van der Waals surface area contributed by atoms with Gasteiger partial charge < -0.3 is 4.98 Å². The number of aromatic amines is 1. The first-order valence-electron chi connectivity index (χ1n) is 5.32. The van der Waals surface area contributed by atoms with Gasteiger partial charge in [0.2, 0.25) is 0 Å². The van der Waals surface area contributed by atoms with Crippen molar-refractivity contribution in [2.24, 2.45) is 0 Å². The Balaban J connectivity index is 1.89. The highest BCUT2D eigenvalue weighted by atomic mass is 35.5. The maximum absolute atomic E-state index is 5.94. The fourth-order valence-corrected chi connectivity index (χ4v) is 2.47. The van der Waals surface area contributed by atoms with Crippen molar-refractivity contribution in [3.05, 3.63) is 45.7 Å². The van der Waals surface area contributed by atoms with Gasteiger partial charge in [0, 0.05) is 16.2 Å². The zero-order valence-electron chi connectivity index (χ0n) is 9.08. The van der Waals surface area contributed by atoms with Crippen molar-refractivity contribution in [3.63, 3.8) is 0 Å². The van der Waals surface area contributed by atoms with Crippen LogP contribution in [0.15, 0.2) is 29.6 Å². The molecular weight excluding hydrogens is 275 g/mol. The van der Waals surface area contributed by atoms with Crippen LogP contribution in [0.1, 0.15) is 17.7 Å². The lowest BCUT2D eigenvalue weighted by Gasteiger charge is -2.02. The van der Waals surface area contributed by atoms with E-state index in [4.69, 9.17) is 23.2 Å². The molecule has 0 unspecified atom stereocenters. The summed E-state index contributed by atoms with van der Waals surface area (Å²) in [5, 5.41) is 2.03. The van der Waals surface area contributed by atoms with E-state index in [0.717, 1.165) is 30.5 Å². The minimum Gasteiger partial charge on any atom is -0.340 e. The summed E-state index contributed by atoms with van der Waals surface area (Å²) >= 11 is 16.0. The van der Waals surface area contributed by atoms with Crippen LogP contribution in [0.4, 0.5) is 0 Å². The number of hydrogen-bond acceptors (Lipinski definition) is 2. The third-order valence-corrected chi connectivity index (χ3v) is 3.10. The van der Waals surface area contributed by atoms with E-state index in [2.05, 4.69) is 22.6 Å². The summed E-state index contributed by atoms with van der Waals surface area (Å²) in [6.45, 7) is 0. The predicted octanol–water partition coefficient (Wildman–Crippen LogP) is 4.18. The van der Waals surface area contributed by atoms with Crippen LogP contribution in [-0.2, 0) is 12.8 Å². The molecule has 0 spiro atoms. The van der Waals surface area contributed by atoms with Crippen LogP contribution in [0.2, 0.25) is 10.0 Å². The lowest BCUT2D eigenvalue weighted by Crippen LogP contribution is -1.90. The Hall–Kier alpha value is -0.640. The minimum atomic E-state index is 0.658. The highest BCUT2D eigenvalue weighted by Gasteiger charge is 2.01. The third-order valence-electron chi connectivity index (χ3n) is 2.44. The van der Waals surface area contributed by atoms with E-state index in [1.165, 1.54) is 0 Å². The van der Waals surface area contributed by atoms with Gasteiger partial charge in [-0.1, -0.05) is 23.2 Å². The fraction of sp³-hybridized carbons (Fsp3) is 0.250. The topological polar surface area (TPSA) is 28.7 Å². The van der Waals surface area contributed by atoms with Crippen molar-refractivity contribution in [2.45, 2.75) is 24.4 Å². The van der Waals surface area contributed by atoms with E-state index in [1.54, 1.807) is 6.07 Å². The number of nitrogens with one attached hydrogen (secondary N) is 1. The molecule has 2 rings (SSSR count). The minimum absolute atomic E-state index is 0.658. The average Bonchev–Trinajstić information content (AvgIpc) is 2.63. The van der Waals surface area contributed by atoms with Crippen LogP contribution in [0.25, 0.3) is 0 Å². The van der Waals surface area contributed by atoms with E-state index in [1.807, 2.05) is 18.3 Å². The summed E-state index contributed by atoms with van der Waals surface area (Å²) in [5.74, 6) is 0. The molecule has 0 aliphatic carbocycles. The zero-order chi connectivity index (χ0) is 12.3. The molecule has 0 atom stereocenters. The summed E-state index contributed by atoms with van der Waals surface area (Å²) in [6.07, 6.45) is 4.75. The maximum atomic E-state index is 5.94. The molecule has 2 nitrogen and oxygen atoms in total. The van der Waals surface area contributed by atoms with Gasteiger partial charge in [0.1, 0.15) is 0 Å². The molecule has 0 aliphatic heterocycles. The van der Waals surface area contributed by atoms with Crippen LogP contribution in [0, 0.1) is 0 Å². The van der Waals surface area contributed by atoms with Gasteiger partial charge >= 0.3 is 0 Å². The monoisotopic (exact) mass is 286 g/mol.